The van der Waals surface area contributed by atoms with Crippen LogP contribution in [0.1, 0.15) is 85.7 Å². The van der Waals surface area contributed by atoms with E-state index in [2.05, 4.69) is 51.2 Å². The Morgan fingerprint density at radius 1 is 1.25 bits per heavy atom. The number of carbonyl (C=O) groups is 1. The van der Waals surface area contributed by atoms with E-state index in [9.17, 15) is 4.79 Å². The van der Waals surface area contributed by atoms with Crippen molar-refractivity contribution in [3.8, 4) is 0 Å². The molecule has 1 fully saturated rings. The summed E-state index contributed by atoms with van der Waals surface area (Å²) in [6.07, 6.45) is 6.11. The Morgan fingerprint density at radius 3 is 2.79 bits per heavy atom. The number of hydrogen-bond acceptors (Lipinski definition) is 2. The second-order valence-electron chi connectivity index (χ2n) is 9.75. The van der Waals surface area contributed by atoms with E-state index in [0.717, 1.165) is 11.4 Å². The molecule has 3 atom stereocenters. The highest BCUT2D eigenvalue weighted by atomic mass is 32.1. The van der Waals surface area contributed by atoms with E-state index in [0.29, 0.717) is 11.8 Å². The van der Waals surface area contributed by atoms with Gasteiger partial charge < -0.3 is 5.32 Å². The third-order valence-electron chi connectivity index (χ3n) is 7.57. The van der Waals surface area contributed by atoms with Gasteiger partial charge in [-0.25, -0.2) is 0 Å². The van der Waals surface area contributed by atoms with Crippen LogP contribution in [-0.4, -0.2) is 12.5 Å². The lowest BCUT2D eigenvalue weighted by Gasteiger charge is -2.55. The highest BCUT2D eigenvalue weighted by molar-refractivity contribution is 7.12. The normalized spacial score (nSPS) is 29.2. The van der Waals surface area contributed by atoms with Crippen LogP contribution in [0, 0.1) is 11.3 Å². The van der Waals surface area contributed by atoms with Gasteiger partial charge in [0.05, 0.1) is 4.88 Å². The van der Waals surface area contributed by atoms with E-state index in [4.69, 9.17) is 0 Å². The highest BCUT2D eigenvalue weighted by Gasteiger charge is 2.51. The average molecular weight is 396 g/mol. The van der Waals surface area contributed by atoms with Gasteiger partial charge in [0.25, 0.3) is 5.91 Å². The zero-order chi connectivity index (χ0) is 19.9. The topological polar surface area (TPSA) is 29.1 Å². The number of fused-ring (bicyclic) bond motifs is 3. The Bertz CT molecular complexity index is 855. The Hall–Kier alpha value is -1.61. The lowest BCUT2D eigenvalue weighted by Crippen LogP contribution is -2.53. The van der Waals surface area contributed by atoms with E-state index in [-0.39, 0.29) is 16.7 Å². The van der Waals surface area contributed by atoms with E-state index >= 15 is 0 Å². The zero-order valence-electron chi connectivity index (χ0n) is 17.7. The monoisotopic (exact) mass is 395 g/mol. The molecule has 1 heterocycles. The largest absolute Gasteiger partial charge is 0.351 e. The van der Waals surface area contributed by atoms with E-state index in [1.54, 1.807) is 11.1 Å². The van der Waals surface area contributed by atoms with Gasteiger partial charge in [0.2, 0.25) is 0 Å². The first-order valence-corrected chi connectivity index (χ1v) is 11.7. The van der Waals surface area contributed by atoms with Crippen molar-refractivity contribution in [2.45, 2.75) is 71.1 Å². The van der Waals surface area contributed by atoms with Crippen LogP contribution in [0.2, 0.25) is 0 Å². The minimum Gasteiger partial charge on any atom is -0.351 e. The number of hydrogen-bond donors (Lipinski definition) is 1. The molecule has 0 unspecified atom stereocenters. The van der Waals surface area contributed by atoms with Gasteiger partial charge in [-0.05, 0) is 76.5 Å². The summed E-state index contributed by atoms with van der Waals surface area (Å²) in [5.74, 6) is 1.29. The number of carbonyl (C=O) groups excluding carboxylic acids is 1. The molecule has 150 valence electrons. The van der Waals surface area contributed by atoms with E-state index in [1.165, 1.54) is 49.0 Å². The first-order chi connectivity index (χ1) is 13.3. The molecule has 1 aromatic heterocycles. The molecule has 1 N–H and O–H groups in total. The van der Waals surface area contributed by atoms with Gasteiger partial charge in [0, 0.05) is 6.54 Å². The molecule has 28 heavy (non-hydrogen) atoms. The maximum Gasteiger partial charge on any atom is 0.261 e. The van der Waals surface area contributed by atoms with Crippen molar-refractivity contribution in [3.63, 3.8) is 0 Å². The molecular formula is C25H33NOS. The Morgan fingerprint density at radius 2 is 2.07 bits per heavy atom. The predicted molar refractivity (Wildman–Crippen MR) is 118 cm³/mol. The summed E-state index contributed by atoms with van der Waals surface area (Å²) in [4.78, 5) is 13.3. The fraction of sp³-hybridized carbons (Fsp3) is 0.560. The first-order valence-electron chi connectivity index (χ1n) is 10.8. The smallest absolute Gasteiger partial charge is 0.261 e. The van der Waals surface area contributed by atoms with Crippen molar-refractivity contribution in [2.75, 3.05) is 6.54 Å². The maximum absolute atomic E-state index is 12.5. The fourth-order valence-corrected chi connectivity index (χ4v) is 6.63. The standard InChI is InChI=1S/C25H33NOS/c1-17(2)18-8-10-20-19(15-18)9-11-22-24(3,12-6-13-25(20,22)4)16-26-23(27)21-7-5-14-28-21/h5,7-8,10,14-15,17,22H,6,9,11-13,16H2,1-4H3,(H,26,27)/t22-,24-,25+/m0/s1. The van der Waals surface area contributed by atoms with Crippen molar-refractivity contribution < 1.29 is 4.79 Å². The second-order valence-corrected chi connectivity index (χ2v) is 10.7. The van der Waals surface area contributed by atoms with Crippen molar-refractivity contribution in [1.82, 2.24) is 5.32 Å². The van der Waals surface area contributed by atoms with Gasteiger partial charge >= 0.3 is 0 Å². The van der Waals surface area contributed by atoms with Crippen molar-refractivity contribution >= 4 is 17.2 Å². The summed E-state index contributed by atoms with van der Waals surface area (Å²) in [6, 6.07) is 11.1. The van der Waals surface area contributed by atoms with Crippen LogP contribution in [0.15, 0.2) is 35.7 Å². The van der Waals surface area contributed by atoms with Crippen LogP contribution in [0.4, 0.5) is 0 Å². The summed E-state index contributed by atoms with van der Waals surface area (Å²) in [5.41, 5.74) is 4.99. The molecule has 3 heteroatoms. The highest BCUT2D eigenvalue weighted by Crippen LogP contribution is 2.57. The van der Waals surface area contributed by atoms with Gasteiger partial charge in [-0.3, -0.25) is 4.79 Å². The van der Waals surface area contributed by atoms with Gasteiger partial charge in [0.15, 0.2) is 0 Å². The van der Waals surface area contributed by atoms with Gasteiger partial charge in [-0.1, -0.05) is 58.4 Å². The molecule has 0 saturated heterocycles. The Labute approximate surface area is 173 Å². The molecule has 0 aliphatic heterocycles. The molecule has 0 bridgehead atoms. The number of thiophene rings is 1. The van der Waals surface area contributed by atoms with Crippen LogP contribution >= 0.6 is 11.3 Å². The number of nitrogens with one attached hydrogen (secondary N) is 1. The summed E-state index contributed by atoms with van der Waals surface area (Å²) in [7, 11) is 0. The minimum atomic E-state index is 0.0845. The summed E-state index contributed by atoms with van der Waals surface area (Å²) >= 11 is 1.52. The molecule has 2 nitrogen and oxygen atoms in total. The summed E-state index contributed by atoms with van der Waals surface area (Å²) in [6.45, 7) is 10.2. The minimum absolute atomic E-state index is 0.0845. The number of rotatable bonds is 4. The second kappa shape index (κ2) is 7.33. The van der Waals surface area contributed by atoms with Crippen molar-refractivity contribution in [2.24, 2.45) is 11.3 Å². The molecule has 0 radical (unpaired) electrons. The van der Waals surface area contributed by atoms with Crippen LogP contribution in [0.25, 0.3) is 0 Å². The van der Waals surface area contributed by atoms with Gasteiger partial charge in [0.1, 0.15) is 0 Å². The van der Waals surface area contributed by atoms with E-state index in [1.807, 2.05) is 17.5 Å². The average Bonchev–Trinajstić information content (AvgIpc) is 3.20. The zero-order valence-corrected chi connectivity index (χ0v) is 18.5. The third kappa shape index (κ3) is 3.32. The Balaban J connectivity index is 1.58. The van der Waals surface area contributed by atoms with Gasteiger partial charge in [-0.15, -0.1) is 11.3 Å². The molecule has 2 aliphatic rings. The number of amides is 1. The lowest BCUT2D eigenvalue weighted by atomic mass is 9.49. The summed E-state index contributed by atoms with van der Waals surface area (Å²) < 4.78 is 0. The third-order valence-corrected chi connectivity index (χ3v) is 8.43. The molecule has 2 aliphatic carbocycles. The van der Waals surface area contributed by atoms with Crippen LogP contribution < -0.4 is 5.32 Å². The van der Waals surface area contributed by atoms with Crippen LogP contribution in [0.5, 0.6) is 0 Å². The van der Waals surface area contributed by atoms with Crippen LogP contribution in [0.3, 0.4) is 0 Å². The van der Waals surface area contributed by atoms with Gasteiger partial charge in [-0.2, -0.15) is 0 Å². The molecule has 1 saturated carbocycles. The molecule has 2 aromatic rings. The van der Waals surface area contributed by atoms with Crippen molar-refractivity contribution in [3.05, 3.63) is 57.3 Å². The molecule has 1 aromatic carbocycles. The molecule has 4 rings (SSSR count). The molecular weight excluding hydrogens is 362 g/mol. The Kier molecular flexibility index (Phi) is 5.16. The van der Waals surface area contributed by atoms with Crippen LogP contribution in [-0.2, 0) is 11.8 Å². The lowest BCUT2D eigenvalue weighted by molar-refractivity contribution is 0.0255. The quantitative estimate of drug-likeness (QED) is 0.645. The first kappa shape index (κ1) is 19.7. The fourth-order valence-electron chi connectivity index (χ4n) is 5.99. The molecule has 1 amide bonds. The van der Waals surface area contributed by atoms with Crippen molar-refractivity contribution in [1.29, 1.82) is 0 Å². The maximum atomic E-state index is 12.5. The predicted octanol–water partition coefficient (Wildman–Crippen LogP) is 6.31. The summed E-state index contributed by atoms with van der Waals surface area (Å²) in [5, 5.41) is 5.24. The SMILES string of the molecule is CC(C)c1ccc2c(c1)CC[C@H]1[C@](C)(CNC(=O)c3cccs3)CCC[C@]21C. The number of benzene rings is 1. The molecule has 0 spiro atoms. The van der Waals surface area contributed by atoms with E-state index < -0.39 is 0 Å². The number of aryl methyl sites for hydroxylation is 1.